The lowest BCUT2D eigenvalue weighted by Gasteiger charge is -2.45. The minimum Gasteiger partial charge on any atom is -0.467 e. The molecule has 0 aliphatic carbocycles. The summed E-state index contributed by atoms with van der Waals surface area (Å²) in [5, 5.41) is 0. The zero-order valence-corrected chi connectivity index (χ0v) is 14.2. The molecule has 0 N–H and O–H groups in total. The first-order valence-corrected chi connectivity index (χ1v) is 7.77. The first-order valence-electron chi connectivity index (χ1n) is 7.77. The van der Waals surface area contributed by atoms with E-state index in [4.69, 9.17) is 18.9 Å². The van der Waals surface area contributed by atoms with Gasteiger partial charge < -0.3 is 18.9 Å². The molecular formula is C16H26O6. The van der Waals surface area contributed by atoms with Crippen molar-refractivity contribution >= 4 is 11.8 Å². The van der Waals surface area contributed by atoms with Gasteiger partial charge in [-0.05, 0) is 33.6 Å². The van der Waals surface area contributed by atoms with Crippen LogP contribution in [-0.2, 0) is 28.5 Å². The molecule has 6 heteroatoms. The number of rotatable bonds is 3. The molecule has 2 aliphatic heterocycles. The summed E-state index contributed by atoms with van der Waals surface area (Å²) in [5.41, 5.74) is 0. The van der Waals surface area contributed by atoms with Crippen molar-refractivity contribution in [3.05, 3.63) is 0 Å². The van der Waals surface area contributed by atoms with E-state index in [9.17, 15) is 9.59 Å². The molecule has 0 aromatic rings. The molecule has 0 amide bonds. The van der Waals surface area contributed by atoms with Crippen LogP contribution in [0.1, 0.15) is 47.5 Å². The van der Waals surface area contributed by atoms with Crippen LogP contribution >= 0.6 is 0 Å². The maximum atomic E-state index is 12.2. The van der Waals surface area contributed by atoms with Gasteiger partial charge in [0.25, 0.3) is 0 Å². The normalized spacial score (nSPS) is 38.7. The third kappa shape index (κ3) is 2.92. The summed E-state index contributed by atoms with van der Waals surface area (Å²) in [6.07, 6.45) is 0.291. The number of carbonyl (C=O) groups is 2. The second kappa shape index (κ2) is 5.91. The predicted molar refractivity (Wildman–Crippen MR) is 77.9 cm³/mol. The third-order valence-corrected chi connectivity index (χ3v) is 4.69. The number of carbonyl (C=O) groups excluding carboxylic acids is 2. The first-order chi connectivity index (χ1) is 10.1. The number of hydrogen-bond donors (Lipinski definition) is 0. The van der Waals surface area contributed by atoms with Gasteiger partial charge in [-0.1, -0.05) is 13.8 Å². The van der Waals surface area contributed by atoms with Gasteiger partial charge in [0.05, 0.1) is 13.2 Å². The van der Waals surface area contributed by atoms with Crippen LogP contribution < -0.4 is 0 Å². The molecule has 2 unspecified atom stereocenters. The van der Waals surface area contributed by atoms with Crippen molar-refractivity contribution in [1.29, 1.82) is 0 Å². The van der Waals surface area contributed by atoms with Gasteiger partial charge in [0.2, 0.25) is 11.9 Å². The Labute approximate surface area is 131 Å². The van der Waals surface area contributed by atoms with Gasteiger partial charge in [-0.2, -0.15) is 0 Å². The Morgan fingerprint density at radius 2 is 1.86 bits per heavy atom. The van der Waals surface area contributed by atoms with Gasteiger partial charge in [0.15, 0.2) is 5.79 Å². The molecule has 6 nitrogen and oxygen atoms in total. The molecule has 2 fully saturated rings. The van der Waals surface area contributed by atoms with E-state index in [0.29, 0.717) is 0 Å². The van der Waals surface area contributed by atoms with Gasteiger partial charge in [-0.25, -0.2) is 4.79 Å². The second-order valence-electron chi connectivity index (χ2n) is 6.78. The van der Waals surface area contributed by atoms with Gasteiger partial charge in [0.1, 0.15) is 5.78 Å². The van der Waals surface area contributed by atoms with Gasteiger partial charge >= 0.3 is 5.97 Å². The topological polar surface area (TPSA) is 71.1 Å². The summed E-state index contributed by atoms with van der Waals surface area (Å²) in [6.45, 7) is 8.84. The molecule has 126 valence electrons. The van der Waals surface area contributed by atoms with Crippen LogP contribution in [0.5, 0.6) is 0 Å². The minimum absolute atomic E-state index is 0.0474. The Morgan fingerprint density at radius 1 is 1.23 bits per heavy atom. The van der Waals surface area contributed by atoms with Gasteiger partial charge in [0, 0.05) is 11.8 Å². The van der Waals surface area contributed by atoms with E-state index in [2.05, 4.69) is 0 Å². The summed E-state index contributed by atoms with van der Waals surface area (Å²) >= 11 is 0. The quantitative estimate of drug-likeness (QED) is 0.743. The van der Waals surface area contributed by atoms with Crippen molar-refractivity contribution in [2.75, 3.05) is 7.11 Å². The number of ketones is 1. The van der Waals surface area contributed by atoms with Crippen LogP contribution in [0.25, 0.3) is 0 Å². The van der Waals surface area contributed by atoms with E-state index >= 15 is 0 Å². The fourth-order valence-electron chi connectivity index (χ4n) is 3.23. The van der Waals surface area contributed by atoms with Gasteiger partial charge in [-0.3, -0.25) is 4.79 Å². The monoisotopic (exact) mass is 314 g/mol. The summed E-state index contributed by atoms with van der Waals surface area (Å²) in [5.74, 6) is -2.92. The predicted octanol–water partition coefficient (Wildman–Crippen LogP) is 2.05. The maximum absolute atomic E-state index is 12.2. The first kappa shape index (κ1) is 17.4. The van der Waals surface area contributed by atoms with E-state index in [1.807, 2.05) is 13.8 Å². The zero-order valence-electron chi connectivity index (χ0n) is 14.2. The Balaban J connectivity index is 2.34. The van der Waals surface area contributed by atoms with Crippen LogP contribution in [0.2, 0.25) is 0 Å². The van der Waals surface area contributed by atoms with E-state index in [0.717, 1.165) is 12.8 Å². The van der Waals surface area contributed by atoms with Crippen LogP contribution in [0.4, 0.5) is 0 Å². The number of ether oxygens (including phenoxy) is 4. The number of hydrogen-bond acceptors (Lipinski definition) is 6. The SMILES string of the molecule is COC(=O)C1OC(C)(C)O[C@]12O[C@H]([C@H](C)C(C)=O)CCC2C. The molecule has 2 saturated heterocycles. The highest BCUT2D eigenvalue weighted by molar-refractivity contribution is 5.78. The molecule has 0 bridgehead atoms. The molecule has 1 spiro atoms. The molecular weight excluding hydrogens is 288 g/mol. The van der Waals surface area contributed by atoms with Crippen molar-refractivity contribution in [2.24, 2.45) is 11.8 Å². The fraction of sp³-hybridized carbons (Fsp3) is 0.875. The Kier molecular flexibility index (Phi) is 4.66. The lowest BCUT2D eigenvalue weighted by molar-refractivity contribution is -0.316. The Bertz CT molecular complexity index is 460. The van der Waals surface area contributed by atoms with Crippen LogP contribution in [0.3, 0.4) is 0 Å². The van der Waals surface area contributed by atoms with Crippen LogP contribution in [0.15, 0.2) is 0 Å². The lowest BCUT2D eigenvalue weighted by atomic mass is 9.83. The zero-order chi connectivity index (χ0) is 16.7. The maximum Gasteiger partial charge on any atom is 0.340 e. The average Bonchev–Trinajstić information content (AvgIpc) is 2.72. The van der Waals surface area contributed by atoms with E-state index in [-0.39, 0.29) is 23.7 Å². The lowest BCUT2D eigenvalue weighted by Crippen LogP contribution is -2.57. The van der Waals surface area contributed by atoms with E-state index in [1.54, 1.807) is 20.8 Å². The molecule has 0 aromatic carbocycles. The van der Waals surface area contributed by atoms with E-state index in [1.165, 1.54) is 7.11 Å². The summed E-state index contributed by atoms with van der Waals surface area (Å²) < 4.78 is 22.8. The molecule has 2 rings (SSSR count). The second-order valence-corrected chi connectivity index (χ2v) is 6.78. The molecule has 0 aromatic heterocycles. The molecule has 22 heavy (non-hydrogen) atoms. The Morgan fingerprint density at radius 3 is 2.41 bits per heavy atom. The van der Waals surface area contributed by atoms with Crippen molar-refractivity contribution in [2.45, 2.75) is 71.2 Å². The third-order valence-electron chi connectivity index (χ3n) is 4.69. The number of Topliss-reactive ketones (excluding diaryl/α,β-unsaturated/α-hetero) is 1. The van der Waals surface area contributed by atoms with Crippen molar-refractivity contribution in [3.8, 4) is 0 Å². The highest BCUT2D eigenvalue weighted by Gasteiger charge is 2.63. The van der Waals surface area contributed by atoms with Crippen molar-refractivity contribution in [3.63, 3.8) is 0 Å². The molecule has 0 radical (unpaired) electrons. The fourth-order valence-corrected chi connectivity index (χ4v) is 3.23. The van der Waals surface area contributed by atoms with Gasteiger partial charge in [-0.15, -0.1) is 0 Å². The largest absolute Gasteiger partial charge is 0.467 e. The summed E-state index contributed by atoms with van der Waals surface area (Å²) in [7, 11) is 1.31. The summed E-state index contributed by atoms with van der Waals surface area (Å²) in [4.78, 5) is 23.8. The molecule has 2 heterocycles. The highest BCUT2D eigenvalue weighted by Crippen LogP contribution is 2.48. The summed E-state index contributed by atoms with van der Waals surface area (Å²) in [6, 6.07) is 0. The number of esters is 1. The average molecular weight is 314 g/mol. The van der Waals surface area contributed by atoms with Crippen LogP contribution in [0, 0.1) is 11.8 Å². The molecule has 5 atom stereocenters. The van der Waals surface area contributed by atoms with Crippen molar-refractivity contribution in [1.82, 2.24) is 0 Å². The Hall–Kier alpha value is -0.980. The highest BCUT2D eigenvalue weighted by atomic mass is 16.8. The standard InChI is InChI=1S/C16H26O6/c1-9-7-8-12(10(2)11(3)17)20-16(9)13(14(18)19-6)21-15(4,5)22-16/h9-10,12-13H,7-8H2,1-6H3/t9?,10-,12+,13?,16+/m1/s1. The van der Waals surface area contributed by atoms with Crippen LogP contribution in [-0.4, -0.2) is 42.6 Å². The van der Waals surface area contributed by atoms with Crippen molar-refractivity contribution < 1.29 is 28.5 Å². The van der Waals surface area contributed by atoms with E-state index < -0.39 is 23.6 Å². The molecule has 0 saturated carbocycles. The molecule has 2 aliphatic rings. The minimum atomic E-state index is -1.21. The number of methoxy groups -OCH3 is 1. The smallest absolute Gasteiger partial charge is 0.340 e.